The summed E-state index contributed by atoms with van der Waals surface area (Å²) in [6, 6.07) is 19.1. The Bertz CT molecular complexity index is 1530. The molecule has 0 bridgehead atoms. The number of carbonyl (C=O) groups is 3. The Balaban J connectivity index is 1.00. The second-order valence-electron chi connectivity index (χ2n) is 13.1. The number of carbonyl (C=O) groups excluding carboxylic acids is 3. The molecule has 1 aromatic heterocycles. The van der Waals surface area contributed by atoms with Gasteiger partial charge in [-0.15, -0.1) is 11.3 Å². The van der Waals surface area contributed by atoms with Crippen molar-refractivity contribution < 1.29 is 28.6 Å². The maximum Gasteiger partial charge on any atom is 0.344 e. The zero-order valence-electron chi connectivity index (χ0n) is 26.0. The van der Waals surface area contributed by atoms with Crippen molar-refractivity contribution in [2.75, 3.05) is 38.5 Å². The maximum absolute atomic E-state index is 13.5. The van der Waals surface area contributed by atoms with Gasteiger partial charge in [0.05, 0.1) is 16.0 Å². The van der Waals surface area contributed by atoms with Crippen LogP contribution in [0.25, 0.3) is 10.4 Å². The number of nitrogen functional groups attached to an aromatic ring is 1. The van der Waals surface area contributed by atoms with Gasteiger partial charge in [-0.2, -0.15) is 0 Å². The number of amides is 1. The van der Waals surface area contributed by atoms with Gasteiger partial charge < -0.3 is 24.8 Å². The molecule has 1 spiro atoms. The van der Waals surface area contributed by atoms with Crippen molar-refractivity contribution in [3.05, 3.63) is 71.8 Å². The standard InChI is InChI=1S/C35H41N3O6S/c1-34(2)22-35(33(41)44-34)15-6-16-38(23-35)26-13-17-37(18-14-26)32(40)28-19-29(45-31(28)36)25-9-11-27(12-10-25)42-21-30(39)43-20-24-7-4-3-5-8-24/h3-5,7-12,19,26H,6,13-18,20-23,36H2,1-2H3. The van der Waals surface area contributed by atoms with Gasteiger partial charge in [0.1, 0.15) is 18.0 Å². The van der Waals surface area contributed by atoms with Crippen LogP contribution in [-0.2, 0) is 25.7 Å². The summed E-state index contributed by atoms with van der Waals surface area (Å²) < 4.78 is 16.6. The summed E-state index contributed by atoms with van der Waals surface area (Å²) in [6.45, 7) is 7.08. The summed E-state index contributed by atoms with van der Waals surface area (Å²) in [6.07, 6.45) is 4.40. The summed E-state index contributed by atoms with van der Waals surface area (Å²) in [5, 5.41) is 0.499. The quantitative estimate of drug-likeness (QED) is 0.323. The number of benzene rings is 2. The summed E-state index contributed by atoms with van der Waals surface area (Å²) in [7, 11) is 0. The monoisotopic (exact) mass is 631 g/mol. The number of anilines is 1. The first-order valence-corrected chi connectivity index (χ1v) is 16.5. The van der Waals surface area contributed by atoms with Crippen molar-refractivity contribution in [3.63, 3.8) is 0 Å². The van der Waals surface area contributed by atoms with Crippen molar-refractivity contribution in [2.45, 2.75) is 64.2 Å². The van der Waals surface area contributed by atoms with Crippen LogP contribution >= 0.6 is 11.3 Å². The molecule has 0 aliphatic carbocycles. The molecule has 9 nitrogen and oxygen atoms in total. The summed E-state index contributed by atoms with van der Waals surface area (Å²) in [5.74, 6) is 0.0180. The van der Waals surface area contributed by atoms with Crippen molar-refractivity contribution >= 4 is 34.2 Å². The second-order valence-corrected chi connectivity index (χ2v) is 14.1. The third-order valence-electron chi connectivity index (χ3n) is 9.17. The Morgan fingerprint density at radius 3 is 2.47 bits per heavy atom. The zero-order chi connectivity index (χ0) is 31.6. The van der Waals surface area contributed by atoms with Gasteiger partial charge in [-0.05, 0) is 87.5 Å². The van der Waals surface area contributed by atoms with Gasteiger partial charge in [0.2, 0.25) is 0 Å². The number of nitrogens with two attached hydrogens (primary N) is 1. The molecular formula is C35H41N3O6S. The highest BCUT2D eigenvalue weighted by atomic mass is 32.1. The van der Waals surface area contributed by atoms with Gasteiger partial charge in [-0.1, -0.05) is 30.3 Å². The third-order valence-corrected chi connectivity index (χ3v) is 10.2. The molecule has 2 N–H and O–H groups in total. The lowest BCUT2D eigenvalue weighted by molar-refractivity contribution is -0.154. The molecule has 1 unspecified atom stereocenters. The van der Waals surface area contributed by atoms with Crippen LogP contribution < -0.4 is 10.5 Å². The Hall–Kier alpha value is -3.89. The lowest BCUT2D eigenvalue weighted by Gasteiger charge is -2.44. The van der Waals surface area contributed by atoms with Crippen LogP contribution in [0.2, 0.25) is 0 Å². The van der Waals surface area contributed by atoms with E-state index >= 15 is 0 Å². The van der Waals surface area contributed by atoms with Crippen molar-refractivity contribution in [2.24, 2.45) is 5.41 Å². The molecule has 45 heavy (non-hydrogen) atoms. The predicted molar refractivity (Wildman–Crippen MR) is 173 cm³/mol. The van der Waals surface area contributed by atoms with Crippen LogP contribution in [0.3, 0.4) is 0 Å². The molecular weight excluding hydrogens is 590 g/mol. The highest BCUT2D eigenvalue weighted by Gasteiger charge is 2.54. The highest BCUT2D eigenvalue weighted by Crippen LogP contribution is 2.47. The van der Waals surface area contributed by atoms with E-state index in [4.69, 9.17) is 19.9 Å². The number of ether oxygens (including phenoxy) is 3. The number of nitrogens with zero attached hydrogens (tertiary/aromatic N) is 2. The molecule has 3 aliphatic rings. The van der Waals surface area contributed by atoms with E-state index in [0.29, 0.717) is 35.4 Å². The van der Waals surface area contributed by atoms with Gasteiger partial charge in [0.15, 0.2) is 6.61 Å². The number of thiophene rings is 1. The minimum atomic E-state index is -0.441. The molecule has 1 amide bonds. The lowest BCUT2D eigenvalue weighted by atomic mass is 9.74. The van der Waals surface area contributed by atoms with Crippen LogP contribution in [0.15, 0.2) is 60.7 Å². The van der Waals surface area contributed by atoms with Gasteiger partial charge in [-0.3, -0.25) is 14.5 Å². The van der Waals surface area contributed by atoms with E-state index in [0.717, 1.165) is 61.2 Å². The molecule has 2 aromatic carbocycles. The van der Waals surface area contributed by atoms with Crippen LogP contribution in [0.5, 0.6) is 5.75 Å². The topological polar surface area (TPSA) is 111 Å². The summed E-state index contributed by atoms with van der Waals surface area (Å²) in [5.41, 5.74) is 7.92. The number of esters is 2. The summed E-state index contributed by atoms with van der Waals surface area (Å²) in [4.78, 5) is 43.7. The van der Waals surface area contributed by atoms with Crippen LogP contribution in [0.1, 0.15) is 61.9 Å². The van der Waals surface area contributed by atoms with Crippen molar-refractivity contribution in [3.8, 4) is 16.2 Å². The molecule has 3 fully saturated rings. The van der Waals surface area contributed by atoms with Gasteiger partial charge in [0.25, 0.3) is 5.91 Å². The van der Waals surface area contributed by atoms with Gasteiger partial charge in [-0.25, -0.2) is 4.79 Å². The molecule has 3 aliphatic heterocycles. The highest BCUT2D eigenvalue weighted by molar-refractivity contribution is 7.19. The molecule has 10 heteroatoms. The van der Waals surface area contributed by atoms with E-state index in [2.05, 4.69) is 4.90 Å². The molecule has 1 atom stereocenters. The van der Waals surface area contributed by atoms with Gasteiger partial charge >= 0.3 is 11.9 Å². The number of likely N-dealkylation sites (tertiary alicyclic amines) is 2. The molecule has 0 radical (unpaired) electrons. The SMILES string of the molecule is CC1(C)CC2(CCCN(C3CCN(C(=O)c4cc(-c5ccc(OCC(=O)OCc6ccccc6)cc5)sc4N)CC3)C2)C(=O)O1. The average Bonchev–Trinajstić information content (AvgIpc) is 3.54. The molecule has 4 heterocycles. The van der Waals surface area contributed by atoms with Gasteiger partial charge in [0, 0.05) is 37.0 Å². The van der Waals surface area contributed by atoms with E-state index in [1.807, 2.05) is 67.3 Å². The number of cyclic esters (lactones) is 1. The van der Waals surface area contributed by atoms with E-state index < -0.39 is 17.0 Å². The van der Waals surface area contributed by atoms with Crippen LogP contribution in [0.4, 0.5) is 5.00 Å². The smallest absolute Gasteiger partial charge is 0.344 e. The fourth-order valence-corrected chi connectivity index (χ4v) is 7.95. The van der Waals surface area contributed by atoms with E-state index in [1.165, 1.54) is 11.3 Å². The molecule has 3 saturated heterocycles. The minimum absolute atomic E-state index is 0.0429. The number of rotatable bonds is 8. The first-order chi connectivity index (χ1) is 21.6. The van der Waals surface area contributed by atoms with E-state index in [1.54, 1.807) is 12.1 Å². The minimum Gasteiger partial charge on any atom is -0.482 e. The fraction of sp³-hybridized carbons (Fsp3) is 0.457. The van der Waals surface area contributed by atoms with Crippen LogP contribution in [-0.4, -0.2) is 72.1 Å². The molecule has 3 aromatic rings. The largest absolute Gasteiger partial charge is 0.482 e. The predicted octanol–water partition coefficient (Wildman–Crippen LogP) is 5.53. The Labute approximate surface area is 268 Å². The van der Waals surface area contributed by atoms with Crippen molar-refractivity contribution in [1.29, 1.82) is 0 Å². The number of piperidine rings is 2. The fourth-order valence-electron chi connectivity index (χ4n) is 7.03. The Morgan fingerprint density at radius 2 is 1.78 bits per heavy atom. The second kappa shape index (κ2) is 12.8. The number of hydrogen-bond donors (Lipinski definition) is 1. The maximum atomic E-state index is 13.5. The number of hydrogen-bond acceptors (Lipinski definition) is 9. The molecule has 238 valence electrons. The van der Waals surface area contributed by atoms with Crippen LogP contribution in [0, 0.1) is 5.41 Å². The van der Waals surface area contributed by atoms with E-state index in [9.17, 15) is 14.4 Å². The zero-order valence-corrected chi connectivity index (χ0v) is 26.8. The Morgan fingerprint density at radius 1 is 1.04 bits per heavy atom. The normalized spacial score (nSPS) is 21.9. The lowest BCUT2D eigenvalue weighted by Crippen LogP contribution is -2.53. The first kappa shape index (κ1) is 31.1. The Kier molecular flexibility index (Phi) is 8.88. The van der Waals surface area contributed by atoms with E-state index in [-0.39, 0.29) is 25.1 Å². The average molecular weight is 632 g/mol. The van der Waals surface area contributed by atoms with Crippen molar-refractivity contribution in [1.82, 2.24) is 9.80 Å². The third kappa shape index (κ3) is 7.02. The first-order valence-electron chi connectivity index (χ1n) is 15.7. The molecule has 0 saturated carbocycles. The summed E-state index contributed by atoms with van der Waals surface area (Å²) >= 11 is 1.39. The molecule has 6 rings (SSSR count).